The second kappa shape index (κ2) is 12.8. The Balaban J connectivity index is 0.00000784. The van der Waals surface area contributed by atoms with Gasteiger partial charge < -0.3 is 25.0 Å². The van der Waals surface area contributed by atoms with E-state index in [0.29, 0.717) is 19.0 Å². The maximum atomic E-state index is 12.3. The number of nitrogens with zero attached hydrogens (tertiary/aromatic N) is 2. The van der Waals surface area contributed by atoms with Gasteiger partial charge in [-0.05, 0) is 51.9 Å². The highest BCUT2D eigenvalue weighted by Gasteiger charge is 2.28. The molecule has 2 atom stereocenters. The number of amides is 1. The molecule has 0 saturated carbocycles. The Labute approximate surface area is 194 Å². The lowest BCUT2D eigenvalue weighted by molar-refractivity contribution is 0.0168. The fraction of sp³-hybridized carbons (Fsp3) is 0.905. The monoisotopic (exact) mass is 526 g/mol. The first-order valence-electron chi connectivity index (χ1n) is 10.5. The Morgan fingerprint density at radius 1 is 1.21 bits per heavy atom. The molecule has 1 amide bonds. The number of carbonyl (C=O) groups is 1. The largest absolute Gasteiger partial charge is 0.444 e. The Morgan fingerprint density at radius 2 is 1.86 bits per heavy atom. The number of likely N-dealkylation sites (tertiary alicyclic amines) is 1. The number of ether oxygens (including phenoxy) is 2. The molecule has 1 rings (SSSR count). The smallest absolute Gasteiger partial charge is 0.410 e. The SMILES string of the molecule is CCNC(=NCC(OC)C(C)(C)C)NCC1CCCN(C(=O)OC(C)(C)C)C1.I. The van der Waals surface area contributed by atoms with Gasteiger partial charge in [0.05, 0.1) is 12.6 Å². The third-order valence-electron chi connectivity index (χ3n) is 4.74. The molecule has 29 heavy (non-hydrogen) atoms. The van der Waals surface area contributed by atoms with Crippen molar-refractivity contribution in [2.45, 2.75) is 73.0 Å². The van der Waals surface area contributed by atoms with Gasteiger partial charge in [0, 0.05) is 33.3 Å². The second-order valence-corrected chi connectivity index (χ2v) is 9.63. The summed E-state index contributed by atoms with van der Waals surface area (Å²) in [6, 6.07) is 0. The molecule has 0 spiro atoms. The Hall–Kier alpha value is -0.770. The summed E-state index contributed by atoms with van der Waals surface area (Å²) in [6.45, 7) is 17.9. The van der Waals surface area contributed by atoms with Crippen LogP contribution in [0.25, 0.3) is 0 Å². The van der Waals surface area contributed by atoms with Crippen LogP contribution in [0, 0.1) is 11.3 Å². The van der Waals surface area contributed by atoms with Crippen LogP contribution in [0.3, 0.4) is 0 Å². The molecule has 1 aliphatic rings. The van der Waals surface area contributed by atoms with Crippen molar-refractivity contribution in [2.75, 3.05) is 39.8 Å². The van der Waals surface area contributed by atoms with E-state index in [1.54, 1.807) is 7.11 Å². The van der Waals surface area contributed by atoms with E-state index in [-0.39, 0.29) is 41.6 Å². The third-order valence-corrected chi connectivity index (χ3v) is 4.74. The lowest BCUT2D eigenvalue weighted by Gasteiger charge is -2.34. The topological polar surface area (TPSA) is 75.2 Å². The number of hydrogen-bond donors (Lipinski definition) is 2. The van der Waals surface area contributed by atoms with E-state index in [4.69, 9.17) is 14.5 Å². The highest BCUT2D eigenvalue weighted by Crippen LogP contribution is 2.22. The third kappa shape index (κ3) is 11.3. The van der Waals surface area contributed by atoms with Crippen molar-refractivity contribution in [3.05, 3.63) is 0 Å². The van der Waals surface area contributed by atoms with Crippen LogP contribution in [-0.2, 0) is 9.47 Å². The highest BCUT2D eigenvalue weighted by atomic mass is 127. The predicted octanol–water partition coefficient (Wildman–Crippen LogP) is 3.87. The van der Waals surface area contributed by atoms with E-state index >= 15 is 0 Å². The van der Waals surface area contributed by atoms with Gasteiger partial charge in [-0.1, -0.05) is 20.8 Å². The second-order valence-electron chi connectivity index (χ2n) is 9.63. The van der Waals surface area contributed by atoms with E-state index in [1.165, 1.54) is 0 Å². The summed E-state index contributed by atoms with van der Waals surface area (Å²) in [5.74, 6) is 1.18. The molecule has 1 aliphatic heterocycles. The molecule has 8 heteroatoms. The number of halogens is 1. The number of guanidine groups is 1. The molecular weight excluding hydrogens is 483 g/mol. The molecular formula is C21H43IN4O3. The average molecular weight is 527 g/mol. The Morgan fingerprint density at radius 3 is 2.38 bits per heavy atom. The molecule has 0 aromatic carbocycles. The minimum atomic E-state index is -0.460. The maximum Gasteiger partial charge on any atom is 0.410 e. The molecule has 0 aromatic rings. The first-order chi connectivity index (χ1) is 13.0. The van der Waals surface area contributed by atoms with Crippen molar-refractivity contribution in [2.24, 2.45) is 16.3 Å². The Bertz CT molecular complexity index is 515. The number of nitrogens with one attached hydrogen (secondary N) is 2. The summed E-state index contributed by atoms with van der Waals surface area (Å²) in [5.41, 5.74) is -0.426. The van der Waals surface area contributed by atoms with Crippen molar-refractivity contribution in [1.29, 1.82) is 0 Å². The van der Waals surface area contributed by atoms with Gasteiger partial charge in [0.1, 0.15) is 5.60 Å². The van der Waals surface area contributed by atoms with Gasteiger partial charge in [-0.25, -0.2) is 4.79 Å². The zero-order chi connectivity index (χ0) is 21.4. The molecule has 0 bridgehead atoms. The lowest BCUT2D eigenvalue weighted by atomic mass is 9.89. The fourth-order valence-corrected chi connectivity index (χ4v) is 3.18. The van der Waals surface area contributed by atoms with Crippen LogP contribution in [0.2, 0.25) is 0 Å². The van der Waals surface area contributed by atoms with Gasteiger partial charge in [0.2, 0.25) is 0 Å². The van der Waals surface area contributed by atoms with E-state index in [0.717, 1.165) is 38.4 Å². The zero-order valence-corrected chi connectivity index (χ0v) is 22.0. The van der Waals surface area contributed by atoms with Crippen molar-refractivity contribution >= 4 is 36.0 Å². The minimum Gasteiger partial charge on any atom is -0.444 e. The predicted molar refractivity (Wildman–Crippen MR) is 130 cm³/mol. The number of hydrogen-bond acceptors (Lipinski definition) is 4. The van der Waals surface area contributed by atoms with Crippen LogP contribution in [0.15, 0.2) is 4.99 Å². The molecule has 2 N–H and O–H groups in total. The average Bonchev–Trinajstić information content (AvgIpc) is 2.57. The van der Waals surface area contributed by atoms with E-state index in [9.17, 15) is 4.79 Å². The molecule has 0 radical (unpaired) electrons. The van der Waals surface area contributed by atoms with Crippen molar-refractivity contribution < 1.29 is 14.3 Å². The summed E-state index contributed by atoms with van der Waals surface area (Å²) in [6.07, 6.45) is 1.93. The van der Waals surface area contributed by atoms with E-state index < -0.39 is 5.60 Å². The molecule has 7 nitrogen and oxygen atoms in total. The van der Waals surface area contributed by atoms with Gasteiger partial charge in [0.15, 0.2) is 5.96 Å². The van der Waals surface area contributed by atoms with E-state index in [2.05, 4.69) is 38.3 Å². The van der Waals surface area contributed by atoms with Gasteiger partial charge in [-0.3, -0.25) is 4.99 Å². The van der Waals surface area contributed by atoms with Crippen molar-refractivity contribution in [1.82, 2.24) is 15.5 Å². The number of rotatable bonds is 6. The normalized spacial score (nSPS) is 19.2. The summed E-state index contributed by atoms with van der Waals surface area (Å²) < 4.78 is 11.1. The fourth-order valence-electron chi connectivity index (χ4n) is 3.18. The van der Waals surface area contributed by atoms with Crippen LogP contribution in [0.5, 0.6) is 0 Å². The van der Waals surface area contributed by atoms with Crippen LogP contribution < -0.4 is 10.6 Å². The summed E-state index contributed by atoms with van der Waals surface area (Å²) in [7, 11) is 1.74. The molecule has 2 unspecified atom stereocenters. The van der Waals surface area contributed by atoms with Crippen LogP contribution in [0.1, 0.15) is 61.3 Å². The molecule has 172 valence electrons. The number of methoxy groups -OCH3 is 1. The Kier molecular flexibility index (Phi) is 12.5. The quantitative estimate of drug-likeness (QED) is 0.312. The van der Waals surface area contributed by atoms with Gasteiger partial charge in [0.25, 0.3) is 0 Å². The van der Waals surface area contributed by atoms with Crippen molar-refractivity contribution in [3.63, 3.8) is 0 Å². The first-order valence-corrected chi connectivity index (χ1v) is 10.5. The number of carbonyl (C=O) groups excluding carboxylic acids is 1. The van der Waals surface area contributed by atoms with Gasteiger partial charge in [-0.2, -0.15) is 0 Å². The number of aliphatic imine (C=N–C) groups is 1. The first kappa shape index (κ1) is 28.2. The summed E-state index contributed by atoms with van der Waals surface area (Å²) in [5, 5.41) is 6.73. The molecule has 0 aromatic heterocycles. The molecule has 1 saturated heterocycles. The summed E-state index contributed by atoms with van der Waals surface area (Å²) >= 11 is 0. The number of piperidine rings is 1. The zero-order valence-electron chi connectivity index (χ0n) is 19.6. The van der Waals surface area contributed by atoms with Gasteiger partial charge in [-0.15, -0.1) is 24.0 Å². The molecule has 1 heterocycles. The minimum absolute atomic E-state index is 0. The van der Waals surface area contributed by atoms with Gasteiger partial charge >= 0.3 is 6.09 Å². The molecule has 1 fully saturated rings. The summed E-state index contributed by atoms with van der Waals surface area (Å²) in [4.78, 5) is 18.9. The van der Waals surface area contributed by atoms with Crippen molar-refractivity contribution in [3.8, 4) is 0 Å². The van der Waals surface area contributed by atoms with Crippen LogP contribution >= 0.6 is 24.0 Å². The van der Waals surface area contributed by atoms with E-state index in [1.807, 2.05) is 25.7 Å². The maximum absolute atomic E-state index is 12.3. The van der Waals surface area contributed by atoms with Crippen LogP contribution in [0.4, 0.5) is 4.79 Å². The molecule has 0 aliphatic carbocycles. The highest BCUT2D eigenvalue weighted by molar-refractivity contribution is 14.0. The van der Waals surface area contributed by atoms with Crippen LogP contribution in [-0.4, -0.2) is 68.5 Å². The lowest BCUT2D eigenvalue weighted by Crippen LogP contribution is -2.47. The standard InChI is InChI=1S/C21H42N4O3.HI/c1-9-22-18(24-14-17(27-8)20(2,3)4)23-13-16-11-10-12-25(15-16)19(26)28-21(5,6)7;/h16-17H,9-15H2,1-8H3,(H2,22,23,24);1H.